The summed E-state index contributed by atoms with van der Waals surface area (Å²) < 4.78 is 0. The number of aromatic amines is 1. The lowest BCUT2D eigenvalue weighted by molar-refractivity contribution is 0.108. The second-order valence-electron chi connectivity index (χ2n) is 3.22. The van der Waals surface area contributed by atoms with Gasteiger partial charge in [0.2, 0.25) is 0 Å². The van der Waals surface area contributed by atoms with Crippen LogP contribution in [0.25, 0.3) is 0 Å². The smallest absolute Gasteiger partial charge is 0.251 e. The molecule has 2 aromatic rings. The molecule has 1 aromatic carbocycles. The maximum Gasteiger partial charge on any atom is 0.251 e. The van der Waals surface area contributed by atoms with E-state index in [4.69, 9.17) is 0 Å². The fourth-order valence-corrected chi connectivity index (χ4v) is 1.49. The molecular formula is C11H10N2OS. The number of H-pyrrole nitrogens is 1. The van der Waals surface area contributed by atoms with Crippen LogP contribution in [0.5, 0.6) is 0 Å². The van der Waals surface area contributed by atoms with Gasteiger partial charge in [0.05, 0.1) is 0 Å². The molecule has 4 heteroatoms. The topological polar surface area (TPSA) is 45.8 Å². The Morgan fingerprint density at radius 2 is 2.07 bits per heavy atom. The van der Waals surface area contributed by atoms with Crippen molar-refractivity contribution >= 4 is 17.7 Å². The van der Waals surface area contributed by atoms with Gasteiger partial charge in [0.15, 0.2) is 5.82 Å². The van der Waals surface area contributed by atoms with E-state index in [0.717, 1.165) is 12.1 Å². The molecule has 0 unspecified atom stereocenters. The first-order valence-corrected chi connectivity index (χ1v) is 5.01. The van der Waals surface area contributed by atoms with Crippen molar-refractivity contribution in [3.05, 3.63) is 53.6 Å². The summed E-state index contributed by atoms with van der Waals surface area (Å²) >= 11 is 3.69. The molecule has 0 bridgehead atoms. The van der Waals surface area contributed by atoms with Gasteiger partial charge in [0.25, 0.3) is 5.12 Å². The molecule has 76 valence electrons. The number of nitrogens with one attached hydrogen (secondary N) is 1. The monoisotopic (exact) mass is 218 g/mol. The highest BCUT2D eigenvalue weighted by molar-refractivity contribution is 7.97. The first kappa shape index (κ1) is 9.98. The zero-order valence-electron chi connectivity index (χ0n) is 7.97. The van der Waals surface area contributed by atoms with Gasteiger partial charge >= 0.3 is 0 Å². The van der Waals surface area contributed by atoms with Gasteiger partial charge in [-0.2, -0.15) is 0 Å². The van der Waals surface area contributed by atoms with Gasteiger partial charge in [-0.15, -0.1) is 0 Å². The largest absolute Gasteiger partial charge is 0.338 e. The van der Waals surface area contributed by atoms with E-state index in [1.807, 2.05) is 30.3 Å². The van der Waals surface area contributed by atoms with Gasteiger partial charge in [0, 0.05) is 18.3 Å². The Balaban J connectivity index is 2.15. The Bertz CT molecular complexity index is 464. The Morgan fingerprint density at radius 3 is 2.67 bits per heavy atom. The maximum absolute atomic E-state index is 10.9. The van der Waals surface area contributed by atoms with Crippen LogP contribution in [0.15, 0.2) is 36.5 Å². The van der Waals surface area contributed by atoms with Crippen LogP contribution < -0.4 is 0 Å². The molecule has 2 rings (SSSR count). The van der Waals surface area contributed by atoms with E-state index in [9.17, 15) is 4.79 Å². The standard InChI is InChI=1S/C11H10N2OS/c14-11(15)10-12-7-9(13-10)6-8-4-2-1-3-5-8/h1-5,7H,6H2,(H,12,13)(H,14,15). The van der Waals surface area contributed by atoms with E-state index in [1.54, 1.807) is 6.20 Å². The maximum atomic E-state index is 10.9. The van der Waals surface area contributed by atoms with Crippen molar-refractivity contribution in [3.63, 3.8) is 0 Å². The quantitative estimate of drug-likeness (QED) is 0.775. The molecule has 0 radical (unpaired) electrons. The number of hydrogen-bond donors (Lipinski definition) is 2. The third kappa shape index (κ3) is 2.47. The number of thiol groups is 1. The predicted octanol–water partition coefficient (Wildman–Crippen LogP) is 2.07. The molecule has 0 amide bonds. The number of benzene rings is 1. The van der Waals surface area contributed by atoms with Crippen molar-refractivity contribution in [2.24, 2.45) is 0 Å². The number of carbonyl (C=O) groups is 1. The molecule has 0 saturated heterocycles. The molecule has 0 spiro atoms. The van der Waals surface area contributed by atoms with E-state index in [-0.39, 0.29) is 5.12 Å². The molecule has 1 aromatic heterocycles. The minimum atomic E-state index is -0.339. The number of rotatable bonds is 3. The summed E-state index contributed by atoms with van der Waals surface area (Å²) in [6.07, 6.45) is 2.41. The van der Waals surface area contributed by atoms with Crippen molar-refractivity contribution in [1.29, 1.82) is 0 Å². The van der Waals surface area contributed by atoms with Crippen LogP contribution in [0.2, 0.25) is 0 Å². The molecule has 0 aliphatic heterocycles. The van der Waals surface area contributed by atoms with Crippen LogP contribution in [0, 0.1) is 0 Å². The van der Waals surface area contributed by atoms with Crippen molar-refractivity contribution in [1.82, 2.24) is 9.97 Å². The Hall–Kier alpha value is -1.55. The average molecular weight is 218 g/mol. The predicted molar refractivity (Wildman–Crippen MR) is 61.2 cm³/mol. The molecule has 3 nitrogen and oxygen atoms in total. The van der Waals surface area contributed by atoms with Gasteiger partial charge in [-0.25, -0.2) is 4.98 Å². The number of imidazole rings is 1. The summed E-state index contributed by atoms with van der Waals surface area (Å²) in [5, 5.41) is -0.339. The van der Waals surface area contributed by atoms with Crippen LogP contribution >= 0.6 is 12.6 Å². The highest BCUT2D eigenvalue weighted by Crippen LogP contribution is 2.07. The molecule has 15 heavy (non-hydrogen) atoms. The molecule has 0 aliphatic carbocycles. The highest BCUT2D eigenvalue weighted by atomic mass is 32.1. The lowest BCUT2D eigenvalue weighted by Gasteiger charge is -1.96. The summed E-state index contributed by atoms with van der Waals surface area (Å²) in [4.78, 5) is 17.7. The SMILES string of the molecule is O=C(S)c1ncc(Cc2ccccc2)[nH]1. The first-order valence-electron chi connectivity index (χ1n) is 4.57. The number of aromatic nitrogens is 2. The van der Waals surface area contributed by atoms with E-state index in [1.165, 1.54) is 5.56 Å². The van der Waals surface area contributed by atoms with Crippen molar-refractivity contribution in [2.45, 2.75) is 6.42 Å². The Kier molecular flexibility index (Phi) is 2.87. The van der Waals surface area contributed by atoms with Gasteiger partial charge in [-0.05, 0) is 5.56 Å². The molecule has 0 saturated carbocycles. The summed E-state index contributed by atoms with van der Waals surface area (Å²) in [6, 6.07) is 10.00. The normalized spacial score (nSPS) is 10.2. The summed E-state index contributed by atoms with van der Waals surface area (Å²) in [5.74, 6) is 0.296. The summed E-state index contributed by atoms with van der Waals surface area (Å²) in [5.41, 5.74) is 2.10. The average Bonchev–Trinajstić information content (AvgIpc) is 2.68. The molecule has 0 atom stereocenters. The van der Waals surface area contributed by atoms with E-state index < -0.39 is 0 Å². The second-order valence-corrected chi connectivity index (χ2v) is 3.63. The Labute approximate surface area is 93.0 Å². The van der Waals surface area contributed by atoms with E-state index in [0.29, 0.717) is 5.82 Å². The van der Waals surface area contributed by atoms with Crippen LogP contribution in [0.3, 0.4) is 0 Å². The fourth-order valence-electron chi connectivity index (χ4n) is 1.37. The minimum absolute atomic E-state index is 0.296. The van der Waals surface area contributed by atoms with Crippen molar-refractivity contribution < 1.29 is 4.79 Å². The van der Waals surface area contributed by atoms with Gasteiger partial charge < -0.3 is 4.98 Å². The number of carbonyl (C=O) groups excluding carboxylic acids is 1. The fraction of sp³-hybridized carbons (Fsp3) is 0.0909. The lowest BCUT2D eigenvalue weighted by Crippen LogP contribution is -1.93. The third-order valence-corrected chi connectivity index (χ3v) is 2.28. The molecule has 0 aliphatic rings. The molecular weight excluding hydrogens is 208 g/mol. The molecule has 0 fully saturated rings. The zero-order chi connectivity index (χ0) is 10.7. The van der Waals surface area contributed by atoms with Gasteiger partial charge in [-0.1, -0.05) is 43.0 Å². The van der Waals surface area contributed by atoms with Gasteiger partial charge in [0.1, 0.15) is 0 Å². The zero-order valence-corrected chi connectivity index (χ0v) is 8.87. The van der Waals surface area contributed by atoms with E-state index >= 15 is 0 Å². The summed E-state index contributed by atoms with van der Waals surface area (Å²) in [6.45, 7) is 0. The number of hydrogen-bond acceptors (Lipinski definition) is 2. The van der Waals surface area contributed by atoms with Crippen molar-refractivity contribution in [3.8, 4) is 0 Å². The van der Waals surface area contributed by atoms with E-state index in [2.05, 4.69) is 22.6 Å². The van der Waals surface area contributed by atoms with Crippen LogP contribution in [-0.2, 0) is 6.42 Å². The Morgan fingerprint density at radius 1 is 1.33 bits per heavy atom. The van der Waals surface area contributed by atoms with Gasteiger partial charge in [-0.3, -0.25) is 4.79 Å². The number of nitrogens with zero attached hydrogens (tertiary/aromatic N) is 1. The van der Waals surface area contributed by atoms with Crippen LogP contribution in [0.4, 0.5) is 0 Å². The molecule has 1 N–H and O–H groups in total. The second kappa shape index (κ2) is 4.31. The summed E-state index contributed by atoms with van der Waals surface area (Å²) in [7, 11) is 0. The molecule has 1 heterocycles. The van der Waals surface area contributed by atoms with Crippen LogP contribution in [-0.4, -0.2) is 15.1 Å². The minimum Gasteiger partial charge on any atom is -0.338 e. The third-order valence-electron chi connectivity index (χ3n) is 2.07. The highest BCUT2D eigenvalue weighted by Gasteiger charge is 2.05. The lowest BCUT2D eigenvalue weighted by atomic mass is 10.1. The van der Waals surface area contributed by atoms with Crippen molar-refractivity contribution in [2.75, 3.05) is 0 Å². The first-order chi connectivity index (χ1) is 7.25. The van der Waals surface area contributed by atoms with Crippen LogP contribution in [0.1, 0.15) is 21.9 Å².